The maximum absolute atomic E-state index is 12.6. The Morgan fingerprint density at radius 2 is 1.03 bits per heavy atom. The quantitative estimate of drug-likeness (QED) is 0.558. The summed E-state index contributed by atoms with van der Waals surface area (Å²) in [6.07, 6.45) is 3.07. The first-order valence-corrected chi connectivity index (χ1v) is 10.8. The van der Waals surface area contributed by atoms with Crippen LogP contribution in [-0.4, -0.2) is 61.2 Å². The minimum absolute atomic E-state index is 0.00669. The molecule has 4 fully saturated rings. The Morgan fingerprint density at radius 1 is 0.633 bits per heavy atom. The van der Waals surface area contributed by atoms with Crippen LogP contribution in [0.1, 0.15) is 25.7 Å². The maximum atomic E-state index is 12.6. The molecule has 4 bridgehead atoms. The van der Waals surface area contributed by atoms with Gasteiger partial charge in [0.1, 0.15) is 13.2 Å². The van der Waals surface area contributed by atoms with E-state index in [4.69, 9.17) is 9.47 Å². The average Bonchev–Trinajstić information content (AvgIpc) is 3.53. The number of esters is 2. The lowest BCUT2D eigenvalue weighted by Crippen LogP contribution is -2.46. The lowest BCUT2D eigenvalue weighted by Gasteiger charge is -2.42. The molecule has 0 saturated heterocycles. The highest BCUT2D eigenvalue weighted by Gasteiger charge is 2.65. The molecule has 4 rings (SSSR count). The van der Waals surface area contributed by atoms with Crippen molar-refractivity contribution < 1.29 is 38.9 Å². The highest BCUT2D eigenvalue weighted by Crippen LogP contribution is 2.65. The SMILES string of the molecule is COC(=O)C1C2CC(C3CC4CC3C(C(=O)CO)C4C(=O)CO)C(C2)C1C(=O)OC. The predicted octanol–water partition coefficient (Wildman–Crippen LogP) is 0.232. The maximum Gasteiger partial charge on any atom is 0.309 e. The molecule has 8 nitrogen and oxygen atoms in total. The summed E-state index contributed by atoms with van der Waals surface area (Å²) in [6.45, 7) is -1.20. The number of carbonyl (C=O) groups excluding carboxylic acids is 4. The molecule has 0 aromatic heterocycles. The number of ether oxygens (including phenoxy) is 2. The molecule has 8 heteroatoms. The van der Waals surface area contributed by atoms with E-state index in [2.05, 4.69) is 0 Å². The van der Waals surface area contributed by atoms with Gasteiger partial charge in [-0.15, -0.1) is 0 Å². The Hall–Kier alpha value is -1.80. The molecule has 0 spiro atoms. The van der Waals surface area contributed by atoms with E-state index in [-0.39, 0.29) is 59.0 Å². The number of fused-ring (bicyclic) bond motifs is 4. The van der Waals surface area contributed by atoms with E-state index in [1.54, 1.807) is 0 Å². The molecule has 0 amide bonds. The second-order valence-corrected chi connectivity index (χ2v) is 9.52. The van der Waals surface area contributed by atoms with Crippen molar-refractivity contribution in [3.63, 3.8) is 0 Å². The fourth-order valence-corrected chi connectivity index (χ4v) is 7.85. The van der Waals surface area contributed by atoms with Crippen molar-refractivity contribution in [2.24, 2.45) is 59.2 Å². The van der Waals surface area contributed by atoms with Gasteiger partial charge in [0.25, 0.3) is 0 Å². The van der Waals surface area contributed by atoms with Crippen molar-refractivity contribution >= 4 is 23.5 Å². The van der Waals surface area contributed by atoms with Gasteiger partial charge in [-0.1, -0.05) is 0 Å². The average molecular weight is 422 g/mol. The summed E-state index contributed by atoms with van der Waals surface area (Å²) < 4.78 is 9.98. The van der Waals surface area contributed by atoms with Gasteiger partial charge < -0.3 is 19.7 Å². The summed E-state index contributed by atoms with van der Waals surface area (Å²) in [4.78, 5) is 49.8. The molecular weight excluding hydrogens is 392 g/mol. The van der Waals surface area contributed by atoms with Crippen LogP contribution in [0.3, 0.4) is 0 Å². The van der Waals surface area contributed by atoms with E-state index in [9.17, 15) is 29.4 Å². The number of ketones is 2. The Kier molecular flexibility index (Phi) is 5.74. The molecule has 4 aliphatic rings. The van der Waals surface area contributed by atoms with Gasteiger partial charge in [-0.3, -0.25) is 19.2 Å². The second kappa shape index (κ2) is 8.04. The van der Waals surface area contributed by atoms with Gasteiger partial charge in [-0.05, 0) is 61.2 Å². The number of methoxy groups -OCH3 is 2. The lowest BCUT2D eigenvalue weighted by atomic mass is 9.61. The number of carbonyl (C=O) groups is 4. The van der Waals surface area contributed by atoms with Crippen LogP contribution < -0.4 is 0 Å². The normalized spacial score (nSPS) is 43.6. The zero-order valence-electron chi connectivity index (χ0n) is 17.4. The molecular formula is C22H30O8. The number of aliphatic hydroxyl groups excluding tert-OH is 2. The van der Waals surface area contributed by atoms with Gasteiger partial charge in [0, 0.05) is 11.8 Å². The number of rotatable bonds is 7. The summed E-state index contributed by atoms with van der Waals surface area (Å²) >= 11 is 0. The first-order chi connectivity index (χ1) is 14.4. The van der Waals surface area contributed by atoms with E-state index >= 15 is 0 Å². The molecule has 0 aromatic rings. The zero-order valence-corrected chi connectivity index (χ0v) is 17.4. The first kappa shape index (κ1) is 21.4. The van der Waals surface area contributed by atoms with E-state index in [0.717, 1.165) is 25.7 Å². The highest BCUT2D eigenvalue weighted by molar-refractivity contribution is 5.92. The molecule has 4 aliphatic carbocycles. The molecule has 10 unspecified atom stereocenters. The van der Waals surface area contributed by atoms with Crippen molar-refractivity contribution in [2.45, 2.75) is 25.7 Å². The van der Waals surface area contributed by atoms with Crippen LogP contribution in [0.4, 0.5) is 0 Å². The van der Waals surface area contributed by atoms with Crippen LogP contribution in [0.2, 0.25) is 0 Å². The third kappa shape index (κ3) is 3.02. The largest absolute Gasteiger partial charge is 0.469 e. The van der Waals surface area contributed by atoms with E-state index < -0.39 is 36.9 Å². The summed E-state index contributed by atoms with van der Waals surface area (Å²) in [7, 11) is 2.66. The molecule has 0 heterocycles. The van der Waals surface area contributed by atoms with Crippen molar-refractivity contribution in [1.82, 2.24) is 0 Å². The third-order valence-electron chi connectivity index (χ3n) is 8.66. The fraction of sp³-hybridized carbons (Fsp3) is 0.818. The van der Waals surface area contributed by atoms with E-state index in [0.29, 0.717) is 0 Å². The van der Waals surface area contributed by atoms with Crippen LogP contribution >= 0.6 is 0 Å². The van der Waals surface area contributed by atoms with Crippen LogP contribution in [0, 0.1) is 59.2 Å². The van der Waals surface area contributed by atoms with Gasteiger partial charge in [0.2, 0.25) is 0 Å². The number of aliphatic hydroxyl groups is 2. The van der Waals surface area contributed by atoms with Crippen molar-refractivity contribution in [2.75, 3.05) is 27.4 Å². The first-order valence-electron chi connectivity index (χ1n) is 10.8. The Labute approximate surface area is 175 Å². The lowest BCUT2D eigenvalue weighted by molar-refractivity contribution is -0.162. The zero-order chi connectivity index (χ0) is 21.7. The standard InChI is InChI=1S/C22H30O8/c1-29-21(27)18-10-4-12(14(6-10)20(18)22(28)30-2)11-3-9-5-13(11)19(16(26)8-24)17(9)15(25)7-23/h9-14,17-20,23-24H,3-8H2,1-2H3. The van der Waals surface area contributed by atoms with Gasteiger partial charge >= 0.3 is 11.9 Å². The van der Waals surface area contributed by atoms with Crippen molar-refractivity contribution in [1.29, 1.82) is 0 Å². The van der Waals surface area contributed by atoms with Crippen LogP contribution in [0.15, 0.2) is 0 Å². The molecule has 30 heavy (non-hydrogen) atoms. The Morgan fingerprint density at radius 3 is 1.53 bits per heavy atom. The Balaban J connectivity index is 1.59. The number of hydrogen-bond acceptors (Lipinski definition) is 8. The number of hydrogen-bond donors (Lipinski definition) is 2. The monoisotopic (exact) mass is 422 g/mol. The van der Waals surface area contributed by atoms with Gasteiger partial charge in [0.05, 0.1) is 26.1 Å². The smallest absolute Gasteiger partial charge is 0.309 e. The number of Topliss-reactive ketones (excluding diaryl/α,β-unsaturated/α-hetero) is 2. The second-order valence-electron chi connectivity index (χ2n) is 9.52. The summed E-state index contributed by atoms with van der Waals surface area (Å²) in [5, 5.41) is 18.9. The Bertz CT molecular complexity index is 685. The van der Waals surface area contributed by atoms with Crippen LogP contribution in [0.5, 0.6) is 0 Å². The predicted molar refractivity (Wildman–Crippen MR) is 102 cm³/mol. The van der Waals surface area contributed by atoms with Gasteiger partial charge in [-0.25, -0.2) is 0 Å². The van der Waals surface area contributed by atoms with Gasteiger partial charge in [-0.2, -0.15) is 0 Å². The van der Waals surface area contributed by atoms with Crippen LogP contribution in [0.25, 0.3) is 0 Å². The third-order valence-corrected chi connectivity index (χ3v) is 8.66. The molecule has 10 atom stereocenters. The van der Waals surface area contributed by atoms with Gasteiger partial charge in [0.15, 0.2) is 11.6 Å². The summed E-state index contributed by atoms with van der Waals surface area (Å²) in [5.41, 5.74) is 0. The molecule has 166 valence electrons. The van der Waals surface area contributed by atoms with Crippen molar-refractivity contribution in [3.8, 4) is 0 Å². The van der Waals surface area contributed by atoms with Crippen molar-refractivity contribution in [3.05, 3.63) is 0 Å². The molecule has 0 aromatic carbocycles. The minimum atomic E-state index is -0.609. The summed E-state index contributed by atoms with van der Waals surface area (Å²) in [6, 6.07) is 0. The van der Waals surface area contributed by atoms with E-state index in [1.165, 1.54) is 14.2 Å². The molecule has 0 radical (unpaired) electrons. The molecule has 4 saturated carbocycles. The van der Waals surface area contributed by atoms with E-state index in [1.807, 2.05) is 0 Å². The summed E-state index contributed by atoms with van der Waals surface area (Å²) in [5.74, 6) is -3.14. The highest BCUT2D eigenvalue weighted by atomic mass is 16.5. The molecule has 2 N–H and O–H groups in total. The fourth-order valence-electron chi connectivity index (χ4n) is 7.85. The van der Waals surface area contributed by atoms with Crippen LogP contribution in [-0.2, 0) is 28.7 Å². The molecule has 0 aliphatic heterocycles. The topological polar surface area (TPSA) is 127 Å². The minimum Gasteiger partial charge on any atom is -0.469 e.